The van der Waals surface area contributed by atoms with Crippen molar-refractivity contribution in [3.8, 4) is 0 Å². The molecule has 1 aromatic carbocycles. The molecule has 0 saturated heterocycles. The Hall–Kier alpha value is -1.31. The maximum absolute atomic E-state index is 12.8. The Balaban J connectivity index is 2.80. The maximum Gasteiger partial charge on any atom is 0.223 e. The third-order valence-electron chi connectivity index (χ3n) is 5.19. The topological polar surface area (TPSA) is 29.1 Å². The number of amides is 1. The van der Waals surface area contributed by atoms with Gasteiger partial charge in [0.25, 0.3) is 0 Å². The first kappa shape index (κ1) is 18.7. The van der Waals surface area contributed by atoms with Gasteiger partial charge in [-0.25, -0.2) is 0 Å². The summed E-state index contributed by atoms with van der Waals surface area (Å²) in [5.41, 5.74) is 1.37. The van der Waals surface area contributed by atoms with Crippen molar-refractivity contribution in [2.75, 3.05) is 0 Å². The highest BCUT2D eigenvalue weighted by atomic mass is 16.1. The average molecular weight is 303 g/mol. The number of rotatable bonds is 8. The number of benzene rings is 1. The van der Waals surface area contributed by atoms with E-state index in [1.54, 1.807) is 0 Å². The molecule has 124 valence electrons. The van der Waals surface area contributed by atoms with E-state index in [2.05, 4.69) is 59.0 Å². The fourth-order valence-corrected chi connectivity index (χ4v) is 2.58. The molecule has 0 aromatic heterocycles. The lowest BCUT2D eigenvalue weighted by molar-refractivity contribution is -0.130. The Morgan fingerprint density at radius 3 is 2.14 bits per heavy atom. The van der Waals surface area contributed by atoms with Gasteiger partial charge in [0.1, 0.15) is 0 Å². The molecule has 1 rings (SSSR count). The SMILES string of the molecule is CCC(C)(C)CC(C(=O)NCc1ccccc1)C(C)(C)CC. The van der Waals surface area contributed by atoms with E-state index < -0.39 is 0 Å². The number of hydrogen-bond donors (Lipinski definition) is 1. The molecule has 0 heterocycles. The minimum Gasteiger partial charge on any atom is -0.352 e. The monoisotopic (exact) mass is 303 g/mol. The number of nitrogens with one attached hydrogen (secondary N) is 1. The second kappa shape index (κ2) is 7.80. The molecule has 0 fully saturated rings. The summed E-state index contributed by atoms with van der Waals surface area (Å²) in [6, 6.07) is 10.1. The van der Waals surface area contributed by atoms with Crippen molar-refractivity contribution >= 4 is 5.91 Å². The molecule has 0 spiro atoms. The summed E-state index contributed by atoms with van der Waals surface area (Å²) in [6.07, 6.45) is 3.04. The minimum absolute atomic E-state index is 0.0210. The van der Waals surface area contributed by atoms with Gasteiger partial charge in [0.05, 0.1) is 0 Å². The van der Waals surface area contributed by atoms with Crippen LogP contribution in [0.1, 0.15) is 66.4 Å². The van der Waals surface area contributed by atoms with Gasteiger partial charge in [0, 0.05) is 12.5 Å². The zero-order chi connectivity index (χ0) is 16.8. The predicted octanol–water partition coefficient (Wildman–Crippen LogP) is 5.18. The second-order valence-electron chi connectivity index (χ2n) is 7.82. The zero-order valence-corrected chi connectivity index (χ0v) is 15.2. The quantitative estimate of drug-likeness (QED) is 0.704. The van der Waals surface area contributed by atoms with Crippen LogP contribution < -0.4 is 5.32 Å². The highest BCUT2D eigenvalue weighted by Gasteiger charge is 2.37. The summed E-state index contributed by atoms with van der Waals surface area (Å²) in [6.45, 7) is 13.9. The Labute approximate surface area is 136 Å². The summed E-state index contributed by atoms with van der Waals surface area (Å²) in [5.74, 6) is 0.244. The van der Waals surface area contributed by atoms with Crippen LogP contribution in [0.15, 0.2) is 30.3 Å². The lowest BCUT2D eigenvalue weighted by Gasteiger charge is -2.37. The van der Waals surface area contributed by atoms with Crippen LogP contribution in [0, 0.1) is 16.7 Å². The van der Waals surface area contributed by atoms with E-state index >= 15 is 0 Å². The predicted molar refractivity (Wildman–Crippen MR) is 94.5 cm³/mol. The van der Waals surface area contributed by atoms with Crippen LogP contribution in [0.3, 0.4) is 0 Å². The standard InChI is InChI=1S/C20H33NO/c1-7-19(3,4)14-17(20(5,6)8-2)18(22)21-15-16-12-10-9-11-13-16/h9-13,17H,7-8,14-15H2,1-6H3,(H,21,22). The average Bonchev–Trinajstić information content (AvgIpc) is 2.51. The fourth-order valence-electron chi connectivity index (χ4n) is 2.58. The molecule has 1 N–H and O–H groups in total. The molecular weight excluding hydrogens is 270 g/mol. The van der Waals surface area contributed by atoms with Crippen LogP contribution in [0.2, 0.25) is 0 Å². The first-order valence-corrected chi connectivity index (χ1v) is 8.53. The Bertz CT molecular complexity index is 462. The van der Waals surface area contributed by atoms with Crippen molar-refractivity contribution in [3.05, 3.63) is 35.9 Å². The van der Waals surface area contributed by atoms with Gasteiger partial charge >= 0.3 is 0 Å². The van der Waals surface area contributed by atoms with E-state index in [1.165, 1.54) is 0 Å². The maximum atomic E-state index is 12.8. The van der Waals surface area contributed by atoms with Crippen LogP contribution >= 0.6 is 0 Å². The number of carbonyl (C=O) groups is 1. The van der Waals surface area contributed by atoms with Gasteiger partial charge in [0.2, 0.25) is 5.91 Å². The highest BCUT2D eigenvalue weighted by molar-refractivity contribution is 5.79. The summed E-state index contributed by atoms with van der Waals surface area (Å²) in [5, 5.41) is 3.15. The van der Waals surface area contributed by atoms with E-state index in [0.717, 1.165) is 24.8 Å². The zero-order valence-electron chi connectivity index (χ0n) is 15.2. The molecule has 0 bridgehead atoms. The van der Waals surface area contributed by atoms with E-state index in [9.17, 15) is 4.79 Å². The van der Waals surface area contributed by atoms with Gasteiger partial charge in [-0.2, -0.15) is 0 Å². The molecule has 2 nitrogen and oxygen atoms in total. The molecule has 1 amide bonds. The van der Waals surface area contributed by atoms with Gasteiger partial charge in [0.15, 0.2) is 0 Å². The molecule has 0 radical (unpaired) electrons. The van der Waals surface area contributed by atoms with Crippen molar-refractivity contribution in [1.29, 1.82) is 0 Å². The van der Waals surface area contributed by atoms with Gasteiger partial charge in [-0.15, -0.1) is 0 Å². The van der Waals surface area contributed by atoms with Gasteiger partial charge in [-0.05, 0) is 22.8 Å². The molecule has 2 heteroatoms. The van der Waals surface area contributed by atoms with Crippen LogP contribution in [0.5, 0.6) is 0 Å². The number of hydrogen-bond acceptors (Lipinski definition) is 1. The molecule has 0 saturated carbocycles. The summed E-state index contributed by atoms with van der Waals surface area (Å²) in [4.78, 5) is 12.8. The lowest BCUT2D eigenvalue weighted by atomic mass is 9.68. The minimum atomic E-state index is 0.0210. The second-order valence-corrected chi connectivity index (χ2v) is 7.82. The van der Waals surface area contributed by atoms with Crippen LogP contribution in [-0.4, -0.2) is 5.91 Å². The third kappa shape index (κ3) is 5.47. The first-order chi connectivity index (χ1) is 10.2. The van der Waals surface area contributed by atoms with Crippen molar-refractivity contribution in [2.45, 2.75) is 67.3 Å². The van der Waals surface area contributed by atoms with E-state index in [0.29, 0.717) is 6.54 Å². The van der Waals surface area contributed by atoms with Gasteiger partial charge in [-0.1, -0.05) is 84.7 Å². The molecule has 22 heavy (non-hydrogen) atoms. The Kier molecular flexibility index (Phi) is 6.65. The van der Waals surface area contributed by atoms with Gasteiger partial charge < -0.3 is 5.32 Å². The van der Waals surface area contributed by atoms with Crippen molar-refractivity contribution < 1.29 is 4.79 Å². The van der Waals surface area contributed by atoms with E-state index in [-0.39, 0.29) is 22.7 Å². The molecule has 0 aliphatic heterocycles. The Morgan fingerprint density at radius 1 is 1.05 bits per heavy atom. The molecule has 1 aromatic rings. The highest BCUT2D eigenvalue weighted by Crippen LogP contribution is 2.40. The molecule has 1 unspecified atom stereocenters. The van der Waals surface area contributed by atoms with E-state index in [4.69, 9.17) is 0 Å². The molecule has 1 atom stereocenters. The lowest BCUT2D eigenvalue weighted by Crippen LogP contribution is -2.41. The summed E-state index contributed by atoms with van der Waals surface area (Å²) < 4.78 is 0. The normalized spacial score (nSPS) is 13.7. The van der Waals surface area contributed by atoms with Crippen LogP contribution in [0.25, 0.3) is 0 Å². The summed E-state index contributed by atoms with van der Waals surface area (Å²) >= 11 is 0. The third-order valence-corrected chi connectivity index (χ3v) is 5.19. The van der Waals surface area contributed by atoms with Crippen molar-refractivity contribution in [1.82, 2.24) is 5.32 Å². The molecular formula is C20H33NO. The Morgan fingerprint density at radius 2 is 1.64 bits per heavy atom. The smallest absolute Gasteiger partial charge is 0.223 e. The van der Waals surface area contributed by atoms with Crippen molar-refractivity contribution in [3.63, 3.8) is 0 Å². The summed E-state index contributed by atoms with van der Waals surface area (Å²) in [7, 11) is 0. The van der Waals surface area contributed by atoms with Crippen LogP contribution in [-0.2, 0) is 11.3 Å². The van der Waals surface area contributed by atoms with Gasteiger partial charge in [-0.3, -0.25) is 4.79 Å². The molecule has 0 aliphatic carbocycles. The first-order valence-electron chi connectivity index (χ1n) is 8.53. The number of carbonyl (C=O) groups excluding carboxylic acids is 1. The van der Waals surface area contributed by atoms with Crippen LogP contribution in [0.4, 0.5) is 0 Å². The fraction of sp³-hybridized carbons (Fsp3) is 0.650. The largest absolute Gasteiger partial charge is 0.352 e. The van der Waals surface area contributed by atoms with E-state index in [1.807, 2.05) is 18.2 Å². The van der Waals surface area contributed by atoms with Crippen molar-refractivity contribution in [2.24, 2.45) is 16.7 Å². The molecule has 0 aliphatic rings.